The Kier molecular flexibility index (Phi) is 7.15. The maximum atomic E-state index is 12.7. The van der Waals surface area contributed by atoms with E-state index < -0.39 is 10.0 Å². The number of carbonyl (C=O) groups excluding carboxylic acids is 1. The zero-order chi connectivity index (χ0) is 23.3. The van der Waals surface area contributed by atoms with E-state index >= 15 is 0 Å². The number of nitrogens with one attached hydrogen (secondary N) is 2. The summed E-state index contributed by atoms with van der Waals surface area (Å²) in [6.07, 6.45) is 2.25. The number of anilines is 1. The highest BCUT2D eigenvalue weighted by Gasteiger charge is 2.17. The van der Waals surface area contributed by atoms with E-state index in [2.05, 4.69) is 15.0 Å². The standard InChI is InChI=1S/C24H27N3O4S/c1-5-18(4)26-24(28)19-8-11-21(12-9-19)31-23-13-10-20(15-25-23)27-32(29,30)22-14-16(2)6-7-17(22)3/h6-15,18,27H,5H2,1-4H3,(H,26,28)/t18-/m1/s1. The van der Waals surface area contributed by atoms with Gasteiger partial charge in [-0.2, -0.15) is 0 Å². The molecule has 2 aromatic carbocycles. The van der Waals surface area contributed by atoms with Gasteiger partial charge < -0.3 is 10.1 Å². The molecule has 3 rings (SSSR count). The Balaban J connectivity index is 1.66. The van der Waals surface area contributed by atoms with Crippen molar-refractivity contribution in [3.05, 3.63) is 77.5 Å². The molecule has 0 aliphatic carbocycles. The summed E-state index contributed by atoms with van der Waals surface area (Å²) < 4.78 is 33.7. The van der Waals surface area contributed by atoms with Crippen LogP contribution in [0, 0.1) is 13.8 Å². The number of ether oxygens (including phenoxy) is 1. The minimum atomic E-state index is -3.73. The minimum absolute atomic E-state index is 0.105. The lowest BCUT2D eigenvalue weighted by molar-refractivity contribution is 0.0939. The number of amides is 1. The summed E-state index contributed by atoms with van der Waals surface area (Å²) in [7, 11) is -3.73. The molecule has 7 nitrogen and oxygen atoms in total. The van der Waals surface area contributed by atoms with Crippen molar-refractivity contribution in [2.75, 3.05) is 4.72 Å². The number of aromatic nitrogens is 1. The fourth-order valence-corrected chi connectivity index (χ4v) is 4.29. The zero-order valence-corrected chi connectivity index (χ0v) is 19.4. The number of pyridine rings is 1. The van der Waals surface area contributed by atoms with Crippen molar-refractivity contribution in [3.8, 4) is 11.6 Å². The molecule has 32 heavy (non-hydrogen) atoms. The van der Waals surface area contributed by atoms with Crippen molar-refractivity contribution in [2.45, 2.75) is 45.1 Å². The summed E-state index contributed by atoms with van der Waals surface area (Å²) in [5.74, 6) is 0.683. The van der Waals surface area contributed by atoms with Crippen LogP contribution in [-0.2, 0) is 10.0 Å². The number of sulfonamides is 1. The molecule has 1 aromatic heterocycles. The first-order valence-electron chi connectivity index (χ1n) is 10.3. The van der Waals surface area contributed by atoms with Crippen molar-refractivity contribution in [2.24, 2.45) is 0 Å². The molecule has 0 spiro atoms. The van der Waals surface area contributed by atoms with E-state index in [1.807, 2.05) is 26.8 Å². The Morgan fingerprint density at radius 3 is 2.41 bits per heavy atom. The Bertz CT molecular complexity index is 1190. The summed E-state index contributed by atoms with van der Waals surface area (Å²) in [5.41, 5.74) is 2.40. The van der Waals surface area contributed by atoms with Crippen LogP contribution >= 0.6 is 0 Å². The van der Waals surface area contributed by atoms with Crippen LogP contribution in [0.5, 0.6) is 11.6 Å². The van der Waals surface area contributed by atoms with E-state index in [4.69, 9.17) is 4.74 Å². The van der Waals surface area contributed by atoms with Gasteiger partial charge in [-0.15, -0.1) is 0 Å². The maximum Gasteiger partial charge on any atom is 0.262 e. The Hall–Kier alpha value is -3.39. The first-order chi connectivity index (χ1) is 15.2. The molecule has 0 saturated carbocycles. The van der Waals surface area contributed by atoms with Gasteiger partial charge in [0.25, 0.3) is 15.9 Å². The average Bonchev–Trinajstić information content (AvgIpc) is 2.77. The van der Waals surface area contributed by atoms with E-state index in [9.17, 15) is 13.2 Å². The monoisotopic (exact) mass is 453 g/mol. The van der Waals surface area contributed by atoms with Crippen LogP contribution in [-0.4, -0.2) is 25.4 Å². The molecule has 0 fully saturated rings. The molecule has 1 heterocycles. The van der Waals surface area contributed by atoms with Gasteiger partial charge in [0, 0.05) is 17.7 Å². The molecular formula is C24H27N3O4S. The molecule has 8 heteroatoms. The second kappa shape index (κ2) is 9.82. The summed E-state index contributed by atoms with van der Waals surface area (Å²) in [6.45, 7) is 7.56. The van der Waals surface area contributed by atoms with Crippen molar-refractivity contribution in [1.82, 2.24) is 10.3 Å². The first-order valence-corrected chi connectivity index (χ1v) is 11.8. The van der Waals surface area contributed by atoms with Gasteiger partial charge in [-0.1, -0.05) is 19.1 Å². The lowest BCUT2D eigenvalue weighted by Crippen LogP contribution is -2.31. The second-order valence-electron chi connectivity index (χ2n) is 7.67. The van der Waals surface area contributed by atoms with E-state index in [1.165, 1.54) is 6.20 Å². The van der Waals surface area contributed by atoms with E-state index in [1.54, 1.807) is 55.5 Å². The second-order valence-corrected chi connectivity index (χ2v) is 9.32. The smallest absolute Gasteiger partial charge is 0.262 e. The summed E-state index contributed by atoms with van der Waals surface area (Å²) in [4.78, 5) is 16.6. The van der Waals surface area contributed by atoms with Crippen LogP contribution in [0.4, 0.5) is 5.69 Å². The quantitative estimate of drug-likeness (QED) is 0.510. The van der Waals surface area contributed by atoms with Gasteiger partial charge in [-0.3, -0.25) is 9.52 Å². The van der Waals surface area contributed by atoms with Crippen LogP contribution < -0.4 is 14.8 Å². The number of carbonyl (C=O) groups is 1. The average molecular weight is 454 g/mol. The summed E-state index contributed by atoms with van der Waals surface area (Å²) in [6, 6.07) is 15.3. The van der Waals surface area contributed by atoms with Gasteiger partial charge in [0.2, 0.25) is 5.88 Å². The molecule has 1 amide bonds. The highest BCUT2D eigenvalue weighted by molar-refractivity contribution is 7.92. The largest absolute Gasteiger partial charge is 0.439 e. The third kappa shape index (κ3) is 5.85. The summed E-state index contributed by atoms with van der Waals surface area (Å²) in [5, 5.41) is 2.91. The lowest BCUT2D eigenvalue weighted by Gasteiger charge is -2.12. The Morgan fingerprint density at radius 1 is 1.06 bits per heavy atom. The summed E-state index contributed by atoms with van der Waals surface area (Å²) >= 11 is 0. The third-order valence-electron chi connectivity index (χ3n) is 4.95. The lowest BCUT2D eigenvalue weighted by atomic mass is 10.2. The van der Waals surface area contributed by atoms with Gasteiger partial charge in [0.15, 0.2) is 0 Å². The van der Waals surface area contributed by atoms with Crippen molar-refractivity contribution >= 4 is 21.6 Å². The van der Waals surface area contributed by atoms with Gasteiger partial charge in [0.1, 0.15) is 5.75 Å². The number of aryl methyl sites for hydroxylation is 2. The zero-order valence-electron chi connectivity index (χ0n) is 18.5. The number of benzene rings is 2. The number of hydrogen-bond donors (Lipinski definition) is 2. The molecule has 1 atom stereocenters. The molecule has 2 N–H and O–H groups in total. The molecule has 0 aliphatic rings. The Morgan fingerprint density at radius 2 is 1.78 bits per heavy atom. The SMILES string of the molecule is CC[C@@H](C)NC(=O)c1ccc(Oc2ccc(NS(=O)(=O)c3cc(C)ccc3C)cn2)cc1. The van der Waals surface area contributed by atoms with Gasteiger partial charge in [-0.05, 0) is 74.7 Å². The molecule has 3 aromatic rings. The fraction of sp³-hybridized carbons (Fsp3) is 0.250. The topological polar surface area (TPSA) is 97.4 Å². The van der Waals surface area contributed by atoms with Crippen LogP contribution in [0.1, 0.15) is 41.8 Å². The van der Waals surface area contributed by atoms with Crippen LogP contribution in [0.15, 0.2) is 65.7 Å². The number of nitrogens with zero attached hydrogens (tertiary/aromatic N) is 1. The predicted octanol–water partition coefficient (Wildman–Crippen LogP) is 4.82. The van der Waals surface area contributed by atoms with Crippen LogP contribution in [0.3, 0.4) is 0 Å². The van der Waals surface area contributed by atoms with E-state index in [-0.39, 0.29) is 16.8 Å². The van der Waals surface area contributed by atoms with E-state index in [0.29, 0.717) is 28.4 Å². The molecule has 0 bridgehead atoms. The maximum absolute atomic E-state index is 12.7. The Labute approximate surface area is 188 Å². The molecule has 0 unspecified atom stereocenters. The number of hydrogen-bond acceptors (Lipinski definition) is 5. The van der Waals surface area contributed by atoms with Gasteiger partial charge in [-0.25, -0.2) is 13.4 Å². The number of rotatable bonds is 8. The normalized spacial score (nSPS) is 12.1. The molecule has 168 valence electrons. The van der Waals surface area contributed by atoms with Crippen molar-refractivity contribution in [1.29, 1.82) is 0 Å². The molecule has 0 saturated heterocycles. The highest BCUT2D eigenvalue weighted by Crippen LogP contribution is 2.23. The molecule has 0 radical (unpaired) electrons. The van der Waals surface area contributed by atoms with Gasteiger partial charge >= 0.3 is 0 Å². The minimum Gasteiger partial charge on any atom is -0.439 e. The van der Waals surface area contributed by atoms with Gasteiger partial charge in [0.05, 0.1) is 16.8 Å². The van der Waals surface area contributed by atoms with Crippen LogP contribution in [0.25, 0.3) is 0 Å². The molecular weight excluding hydrogens is 426 g/mol. The van der Waals surface area contributed by atoms with Crippen molar-refractivity contribution < 1.29 is 17.9 Å². The third-order valence-corrected chi connectivity index (χ3v) is 6.47. The fourth-order valence-electron chi connectivity index (χ4n) is 2.91. The van der Waals surface area contributed by atoms with E-state index in [0.717, 1.165) is 12.0 Å². The predicted molar refractivity (Wildman–Crippen MR) is 125 cm³/mol. The first kappa shape index (κ1) is 23.3. The van der Waals surface area contributed by atoms with Crippen molar-refractivity contribution in [3.63, 3.8) is 0 Å². The highest BCUT2D eigenvalue weighted by atomic mass is 32.2. The molecule has 0 aliphatic heterocycles. The van der Waals surface area contributed by atoms with Crippen LogP contribution in [0.2, 0.25) is 0 Å².